The molecular weight excluding hydrogens is 174 g/mol. The van der Waals surface area contributed by atoms with Gasteiger partial charge in [0.25, 0.3) is 0 Å². The average molecular weight is 191 g/mol. The van der Waals surface area contributed by atoms with E-state index in [9.17, 15) is 0 Å². The molecule has 0 bridgehead atoms. The first-order valence-electron chi connectivity index (χ1n) is 4.94. The summed E-state index contributed by atoms with van der Waals surface area (Å²) in [6.07, 6.45) is 10.2. The van der Waals surface area contributed by atoms with Crippen molar-refractivity contribution in [3.05, 3.63) is 18.0 Å². The summed E-state index contributed by atoms with van der Waals surface area (Å²) < 4.78 is 1.92. The minimum atomic E-state index is 0.187. The van der Waals surface area contributed by atoms with Crippen molar-refractivity contribution in [2.24, 2.45) is 0 Å². The quantitative estimate of drug-likeness (QED) is 0.709. The molecule has 1 N–H and O–H groups in total. The van der Waals surface area contributed by atoms with Gasteiger partial charge in [-0.05, 0) is 18.9 Å². The molecule has 0 saturated heterocycles. The highest BCUT2D eigenvalue weighted by atomic mass is 15.3. The van der Waals surface area contributed by atoms with E-state index in [1.807, 2.05) is 24.0 Å². The summed E-state index contributed by atoms with van der Waals surface area (Å²) in [4.78, 5) is 0. The van der Waals surface area contributed by atoms with Crippen LogP contribution in [0, 0.1) is 19.3 Å². The van der Waals surface area contributed by atoms with Gasteiger partial charge < -0.3 is 5.32 Å². The van der Waals surface area contributed by atoms with Crippen molar-refractivity contribution < 1.29 is 0 Å². The van der Waals surface area contributed by atoms with Crippen LogP contribution in [0.5, 0.6) is 0 Å². The molecule has 1 aromatic heterocycles. The molecule has 0 saturated carbocycles. The third kappa shape index (κ3) is 3.23. The monoisotopic (exact) mass is 191 g/mol. The van der Waals surface area contributed by atoms with Crippen LogP contribution in [0.25, 0.3) is 0 Å². The summed E-state index contributed by atoms with van der Waals surface area (Å²) in [7, 11) is 0. The molecule has 1 rings (SSSR count). The van der Waals surface area contributed by atoms with Gasteiger partial charge in [0.1, 0.15) is 0 Å². The molecule has 3 nitrogen and oxygen atoms in total. The topological polar surface area (TPSA) is 29.9 Å². The Kier molecular flexibility index (Phi) is 4.21. The molecule has 3 heteroatoms. The fourth-order valence-corrected chi connectivity index (χ4v) is 1.26. The molecule has 0 spiro atoms. The van der Waals surface area contributed by atoms with E-state index >= 15 is 0 Å². The second-order valence-corrected chi connectivity index (χ2v) is 3.36. The Labute approximate surface area is 85.5 Å². The van der Waals surface area contributed by atoms with E-state index in [0.717, 1.165) is 19.5 Å². The molecule has 0 aliphatic heterocycles. The van der Waals surface area contributed by atoms with E-state index < -0.39 is 0 Å². The highest BCUT2D eigenvalue weighted by Gasteiger charge is 1.99. The Bertz CT molecular complexity index is 309. The smallest absolute Gasteiger partial charge is 0.0684 e. The van der Waals surface area contributed by atoms with Crippen LogP contribution < -0.4 is 5.32 Å². The maximum Gasteiger partial charge on any atom is 0.0684 e. The number of aryl methyl sites for hydroxylation is 1. The minimum absolute atomic E-state index is 0.187. The minimum Gasteiger partial charge on any atom is -0.302 e. The van der Waals surface area contributed by atoms with E-state index in [4.69, 9.17) is 6.42 Å². The lowest BCUT2D eigenvalue weighted by atomic mass is 10.2. The first-order valence-corrected chi connectivity index (χ1v) is 4.94. The number of rotatable bonds is 5. The Morgan fingerprint density at radius 2 is 2.50 bits per heavy atom. The van der Waals surface area contributed by atoms with Crippen LogP contribution in [0.1, 0.15) is 18.9 Å². The molecule has 0 fully saturated rings. The van der Waals surface area contributed by atoms with Gasteiger partial charge in [-0.2, -0.15) is 5.10 Å². The average Bonchev–Trinajstić information content (AvgIpc) is 2.59. The number of nitrogens with one attached hydrogen (secondary N) is 1. The molecule has 76 valence electrons. The number of hydrogen-bond acceptors (Lipinski definition) is 2. The lowest BCUT2D eigenvalue weighted by molar-refractivity contribution is 0.519. The van der Waals surface area contributed by atoms with E-state index in [1.165, 1.54) is 5.56 Å². The van der Waals surface area contributed by atoms with Crippen molar-refractivity contribution in [2.75, 3.05) is 6.54 Å². The van der Waals surface area contributed by atoms with Gasteiger partial charge in [0, 0.05) is 12.7 Å². The summed E-state index contributed by atoms with van der Waals surface area (Å²) in [6.45, 7) is 5.85. The highest BCUT2D eigenvalue weighted by molar-refractivity contribution is 5.00. The number of terminal acetylenes is 1. The summed E-state index contributed by atoms with van der Waals surface area (Å²) in [5.41, 5.74) is 1.19. The van der Waals surface area contributed by atoms with Crippen LogP contribution in [-0.2, 0) is 6.54 Å². The molecule has 1 aromatic rings. The molecule has 0 aliphatic carbocycles. The summed E-state index contributed by atoms with van der Waals surface area (Å²) in [5, 5.41) is 7.47. The van der Waals surface area contributed by atoms with Crippen molar-refractivity contribution in [3.63, 3.8) is 0 Å². The van der Waals surface area contributed by atoms with Gasteiger partial charge in [-0.3, -0.25) is 4.68 Å². The Morgan fingerprint density at radius 1 is 1.71 bits per heavy atom. The normalized spacial score (nSPS) is 12.4. The van der Waals surface area contributed by atoms with Gasteiger partial charge in [-0.15, -0.1) is 6.42 Å². The molecule has 1 heterocycles. The van der Waals surface area contributed by atoms with Gasteiger partial charge in [0.2, 0.25) is 0 Å². The van der Waals surface area contributed by atoms with E-state index in [1.54, 1.807) is 0 Å². The molecule has 0 radical (unpaired) electrons. The summed E-state index contributed by atoms with van der Waals surface area (Å²) >= 11 is 0. The van der Waals surface area contributed by atoms with Crippen LogP contribution in [0.4, 0.5) is 0 Å². The fraction of sp³-hybridized carbons (Fsp3) is 0.545. The first-order chi connectivity index (χ1) is 6.76. The largest absolute Gasteiger partial charge is 0.302 e. The van der Waals surface area contributed by atoms with E-state index in [-0.39, 0.29) is 6.04 Å². The molecule has 0 aliphatic rings. The second-order valence-electron chi connectivity index (χ2n) is 3.36. The summed E-state index contributed by atoms with van der Waals surface area (Å²) in [5.74, 6) is 2.70. The third-order valence-electron chi connectivity index (χ3n) is 2.10. The van der Waals surface area contributed by atoms with Gasteiger partial charge in [0.05, 0.1) is 18.8 Å². The molecule has 1 atom stereocenters. The maximum atomic E-state index is 5.33. The van der Waals surface area contributed by atoms with Gasteiger partial charge in [-0.25, -0.2) is 0 Å². The van der Waals surface area contributed by atoms with Crippen molar-refractivity contribution in [1.29, 1.82) is 0 Å². The van der Waals surface area contributed by atoms with Crippen molar-refractivity contribution in [2.45, 2.75) is 32.9 Å². The predicted octanol–water partition coefficient (Wildman–Crippen LogP) is 1.19. The van der Waals surface area contributed by atoms with Crippen molar-refractivity contribution in [3.8, 4) is 12.3 Å². The fourth-order valence-electron chi connectivity index (χ4n) is 1.26. The Balaban J connectivity index is 2.25. The number of aromatic nitrogens is 2. The Morgan fingerprint density at radius 3 is 3.00 bits per heavy atom. The standard InChI is InChI=1S/C11H17N3/c1-4-11(5-2)12-6-7-14-9-10(3)8-13-14/h1,8-9,11-12H,5-7H2,2-3H3. The second kappa shape index (κ2) is 5.46. The van der Waals surface area contributed by atoms with Crippen LogP contribution in [0.2, 0.25) is 0 Å². The summed E-state index contributed by atoms with van der Waals surface area (Å²) in [6, 6.07) is 0.187. The van der Waals surface area contributed by atoms with Crippen LogP contribution >= 0.6 is 0 Å². The Hall–Kier alpha value is -1.27. The molecule has 1 unspecified atom stereocenters. The molecule has 0 aromatic carbocycles. The van der Waals surface area contributed by atoms with Crippen molar-refractivity contribution in [1.82, 2.24) is 15.1 Å². The molecular formula is C11H17N3. The molecule has 14 heavy (non-hydrogen) atoms. The first kappa shape index (κ1) is 10.8. The zero-order valence-electron chi connectivity index (χ0n) is 8.83. The SMILES string of the molecule is C#CC(CC)NCCn1cc(C)cn1. The van der Waals surface area contributed by atoms with Gasteiger partial charge >= 0.3 is 0 Å². The lowest BCUT2D eigenvalue weighted by Crippen LogP contribution is -2.30. The number of hydrogen-bond donors (Lipinski definition) is 1. The van der Waals surface area contributed by atoms with Gasteiger partial charge in [0.15, 0.2) is 0 Å². The third-order valence-corrected chi connectivity index (χ3v) is 2.10. The highest BCUT2D eigenvalue weighted by Crippen LogP contribution is 1.93. The molecule has 0 amide bonds. The van der Waals surface area contributed by atoms with Crippen LogP contribution in [0.15, 0.2) is 12.4 Å². The van der Waals surface area contributed by atoms with Crippen molar-refractivity contribution >= 4 is 0 Å². The van der Waals surface area contributed by atoms with Crippen LogP contribution in [0.3, 0.4) is 0 Å². The van der Waals surface area contributed by atoms with E-state index in [0.29, 0.717) is 0 Å². The predicted molar refractivity (Wildman–Crippen MR) is 57.9 cm³/mol. The van der Waals surface area contributed by atoms with E-state index in [2.05, 4.69) is 23.3 Å². The zero-order chi connectivity index (χ0) is 10.4. The maximum absolute atomic E-state index is 5.33. The van der Waals surface area contributed by atoms with Crippen LogP contribution in [-0.4, -0.2) is 22.4 Å². The lowest BCUT2D eigenvalue weighted by Gasteiger charge is -2.09. The number of nitrogens with zero attached hydrogens (tertiary/aromatic N) is 2. The van der Waals surface area contributed by atoms with Gasteiger partial charge in [-0.1, -0.05) is 12.8 Å². The zero-order valence-corrected chi connectivity index (χ0v) is 8.83.